The molecule has 140 valence electrons. The molecule has 26 heavy (non-hydrogen) atoms. The van der Waals surface area contributed by atoms with E-state index in [1.165, 1.54) is 11.0 Å². The molecule has 1 fully saturated rings. The molecule has 0 radical (unpaired) electrons. The second-order valence-corrected chi connectivity index (χ2v) is 6.84. The lowest BCUT2D eigenvalue weighted by Gasteiger charge is -2.36. The van der Waals surface area contributed by atoms with Gasteiger partial charge in [-0.2, -0.15) is 0 Å². The molecule has 2 N–H and O–H groups in total. The summed E-state index contributed by atoms with van der Waals surface area (Å²) in [5.41, 5.74) is 0.345. The molecule has 0 bridgehead atoms. The van der Waals surface area contributed by atoms with Crippen molar-refractivity contribution in [3.8, 4) is 0 Å². The zero-order valence-corrected chi connectivity index (χ0v) is 16.0. The van der Waals surface area contributed by atoms with Crippen molar-refractivity contribution in [2.75, 3.05) is 13.1 Å². The predicted molar refractivity (Wildman–Crippen MR) is 101 cm³/mol. The fourth-order valence-electron chi connectivity index (χ4n) is 2.50. The monoisotopic (exact) mass is 397 g/mol. The number of rotatable bonds is 4. The summed E-state index contributed by atoms with van der Waals surface area (Å²) in [6.45, 7) is 4.20. The van der Waals surface area contributed by atoms with E-state index in [0.717, 1.165) is 0 Å². The van der Waals surface area contributed by atoms with Gasteiger partial charge in [-0.15, -0.1) is 0 Å². The molecule has 2 rings (SSSR count). The summed E-state index contributed by atoms with van der Waals surface area (Å²) >= 11 is 11.2. The van der Waals surface area contributed by atoms with E-state index in [1.807, 2.05) is 0 Å². The molecule has 1 aliphatic heterocycles. The Morgan fingerprint density at radius 2 is 2.19 bits per heavy atom. The SMILES string of the molecule is CC(C)OC(=O)CC1C(=O)NCCN1C(=S)NC(=O)c1cccc(Cl)c1. The van der Waals surface area contributed by atoms with Gasteiger partial charge in [-0.25, -0.2) is 0 Å². The third-order valence-corrected chi connectivity index (χ3v) is 4.20. The Balaban J connectivity index is 2.07. The van der Waals surface area contributed by atoms with Crippen molar-refractivity contribution in [3.63, 3.8) is 0 Å². The maximum atomic E-state index is 12.3. The Hall–Kier alpha value is -2.19. The van der Waals surface area contributed by atoms with Gasteiger partial charge in [0.05, 0.1) is 12.5 Å². The number of hydrogen-bond acceptors (Lipinski definition) is 5. The number of amides is 2. The van der Waals surface area contributed by atoms with Crippen LogP contribution in [0.25, 0.3) is 0 Å². The quantitative estimate of drug-likeness (QED) is 0.591. The van der Waals surface area contributed by atoms with E-state index in [1.54, 1.807) is 32.0 Å². The number of benzene rings is 1. The number of carbonyl (C=O) groups is 3. The number of esters is 1. The lowest BCUT2D eigenvalue weighted by Crippen LogP contribution is -2.60. The smallest absolute Gasteiger partial charge is 0.308 e. The number of ether oxygens (including phenoxy) is 1. The average molecular weight is 398 g/mol. The van der Waals surface area contributed by atoms with E-state index in [9.17, 15) is 14.4 Å². The Morgan fingerprint density at radius 3 is 2.85 bits per heavy atom. The van der Waals surface area contributed by atoms with Crippen molar-refractivity contribution in [1.82, 2.24) is 15.5 Å². The minimum absolute atomic E-state index is 0.0761. The molecule has 1 aromatic rings. The molecule has 1 unspecified atom stereocenters. The second-order valence-electron chi connectivity index (χ2n) is 6.01. The molecule has 0 spiro atoms. The van der Waals surface area contributed by atoms with Gasteiger partial charge in [0.2, 0.25) is 5.91 Å². The van der Waals surface area contributed by atoms with Crippen LogP contribution in [-0.2, 0) is 14.3 Å². The average Bonchev–Trinajstić information content (AvgIpc) is 2.55. The van der Waals surface area contributed by atoms with Crippen LogP contribution in [0.5, 0.6) is 0 Å². The van der Waals surface area contributed by atoms with Gasteiger partial charge in [-0.1, -0.05) is 17.7 Å². The number of thiocarbonyl (C=S) groups is 1. The Labute approximate surface area is 162 Å². The highest BCUT2D eigenvalue weighted by molar-refractivity contribution is 7.80. The van der Waals surface area contributed by atoms with Crippen LogP contribution < -0.4 is 10.6 Å². The first kappa shape index (κ1) is 20.1. The number of nitrogens with zero attached hydrogens (tertiary/aromatic N) is 1. The molecule has 7 nitrogen and oxygen atoms in total. The number of piperazine rings is 1. The lowest BCUT2D eigenvalue weighted by molar-refractivity contribution is -0.150. The summed E-state index contributed by atoms with van der Waals surface area (Å²) in [6.07, 6.45) is -0.436. The van der Waals surface area contributed by atoms with Crippen molar-refractivity contribution >= 4 is 46.7 Å². The highest BCUT2D eigenvalue weighted by Crippen LogP contribution is 2.13. The van der Waals surface area contributed by atoms with Gasteiger partial charge in [0, 0.05) is 23.7 Å². The first-order valence-corrected chi connectivity index (χ1v) is 8.91. The normalized spacial score (nSPS) is 16.8. The molecule has 0 aromatic heterocycles. The van der Waals surface area contributed by atoms with Crippen LogP contribution in [0, 0.1) is 0 Å². The molecule has 9 heteroatoms. The number of halogens is 1. The van der Waals surface area contributed by atoms with E-state index in [4.69, 9.17) is 28.6 Å². The van der Waals surface area contributed by atoms with E-state index < -0.39 is 17.9 Å². The van der Waals surface area contributed by atoms with E-state index >= 15 is 0 Å². The molecular weight excluding hydrogens is 378 g/mol. The van der Waals surface area contributed by atoms with Crippen LogP contribution in [0.2, 0.25) is 5.02 Å². The molecule has 1 aliphatic rings. The first-order valence-electron chi connectivity index (χ1n) is 8.12. The maximum Gasteiger partial charge on any atom is 0.308 e. The highest BCUT2D eigenvalue weighted by atomic mass is 35.5. The minimum Gasteiger partial charge on any atom is -0.463 e. The number of hydrogen-bond donors (Lipinski definition) is 2. The summed E-state index contributed by atoms with van der Waals surface area (Å²) in [6, 6.07) is 5.59. The molecule has 0 aliphatic carbocycles. The summed E-state index contributed by atoms with van der Waals surface area (Å²) < 4.78 is 5.10. The van der Waals surface area contributed by atoms with Crippen molar-refractivity contribution in [2.45, 2.75) is 32.4 Å². The van der Waals surface area contributed by atoms with Gasteiger partial charge >= 0.3 is 5.97 Å². The summed E-state index contributed by atoms with van der Waals surface area (Å²) in [7, 11) is 0. The van der Waals surface area contributed by atoms with Crippen LogP contribution in [0.3, 0.4) is 0 Å². The van der Waals surface area contributed by atoms with Gasteiger partial charge in [-0.05, 0) is 44.3 Å². The molecule has 1 aromatic carbocycles. The Morgan fingerprint density at radius 1 is 1.46 bits per heavy atom. The van der Waals surface area contributed by atoms with E-state index in [0.29, 0.717) is 23.7 Å². The third-order valence-electron chi connectivity index (χ3n) is 3.63. The zero-order chi connectivity index (χ0) is 19.3. The minimum atomic E-state index is -0.831. The highest BCUT2D eigenvalue weighted by Gasteiger charge is 2.34. The van der Waals surface area contributed by atoms with Crippen LogP contribution in [0.4, 0.5) is 0 Å². The van der Waals surface area contributed by atoms with Crippen molar-refractivity contribution < 1.29 is 19.1 Å². The summed E-state index contributed by atoms with van der Waals surface area (Å²) in [5, 5.41) is 5.78. The number of nitrogens with one attached hydrogen (secondary N) is 2. The van der Waals surface area contributed by atoms with Gasteiger partial charge in [0.1, 0.15) is 6.04 Å². The molecule has 1 atom stereocenters. The van der Waals surface area contributed by atoms with Crippen LogP contribution >= 0.6 is 23.8 Å². The fourth-order valence-corrected chi connectivity index (χ4v) is 3.00. The molecular formula is C17H20ClN3O4S. The van der Waals surface area contributed by atoms with Crippen LogP contribution in [0.1, 0.15) is 30.6 Å². The standard InChI is InChI=1S/C17H20ClN3O4S/c1-10(2)25-14(22)9-13-16(24)19-6-7-21(13)17(26)20-15(23)11-4-3-5-12(18)8-11/h3-5,8,10,13H,6-7,9H2,1-2H3,(H,19,24)(H,20,23,26). The van der Waals surface area contributed by atoms with E-state index in [-0.39, 0.29) is 23.5 Å². The Kier molecular flexibility index (Phi) is 6.93. The topological polar surface area (TPSA) is 87.7 Å². The molecule has 0 saturated carbocycles. The van der Waals surface area contributed by atoms with E-state index in [2.05, 4.69) is 10.6 Å². The largest absolute Gasteiger partial charge is 0.463 e. The van der Waals surface area contributed by atoms with Gasteiger partial charge in [0.15, 0.2) is 5.11 Å². The maximum absolute atomic E-state index is 12.3. The zero-order valence-electron chi connectivity index (χ0n) is 14.5. The third kappa shape index (κ3) is 5.40. The molecule has 1 heterocycles. The first-order chi connectivity index (χ1) is 12.3. The van der Waals surface area contributed by atoms with Gasteiger partial charge in [-0.3, -0.25) is 19.7 Å². The lowest BCUT2D eigenvalue weighted by atomic mass is 10.1. The predicted octanol–water partition coefficient (Wildman–Crippen LogP) is 1.50. The summed E-state index contributed by atoms with van der Waals surface area (Å²) in [4.78, 5) is 38.0. The van der Waals surface area contributed by atoms with Crippen molar-refractivity contribution in [2.24, 2.45) is 0 Å². The summed E-state index contributed by atoms with van der Waals surface area (Å²) in [5.74, 6) is -1.28. The fraction of sp³-hybridized carbons (Fsp3) is 0.412. The van der Waals surface area contributed by atoms with Gasteiger partial charge in [0.25, 0.3) is 5.91 Å². The van der Waals surface area contributed by atoms with Crippen LogP contribution in [-0.4, -0.2) is 53.0 Å². The molecule has 1 saturated heterocycles. The number of carbonyl (C=O) groups excluding carboxylic acids is 3. The van der Waals surface area contributed by atoms with Crippen molar-refractivity contribution in [1.29, 1.82) is 0 Å². The Bertz CT molecular complexity index is 726. The second kappa shape index (κ2) is 8.95. The van der Waals surface area contributed by atoms with Crippen molar-refractivity contribution in [3.05, 3.63) is 34.9 Å². The molecule has 2 amide bonds. The van der Waals surface area contributed by atoms with Crippen LogP contribution in [0.15, 0.2) is 24.3 Å². The van der Waals surface area contributed by atoms with Gasteiger partial charge < -0.3 is 15.0 Å².